The Morgan fingerprint density at radius 2 is 1.80 bits per heavy atom. The summed E-state index contributed by atoms with van der Waals surface area (Å²) in [4.78, 5) is 10.7. The molecule has 2 nitrogen and oxygen atoms in total. The van der Waals surface area contributed by atoms with E-state index in [1.165, 1.54) is 32.1 Å². The van der Waals surface area contributed by atoms with Crippen LogP contribution in [0.4, 0.5) is 0 Å². The van der Waals surface area contributed by atoms with Gasteiger partial charge < -0.3 is 10.1 Å². The quantitative estimate of drug-likeness (QED) is 0.777. The Morgan fingerprint density at radius 1 is 1.27 bits per heavy atom. The van der Waals surface area contributed by atoms with E-state index in [9.17, 15) is 4.79 Å². The first-order valence-electron chi connectivity index (χ1n) is 6.34. The maximum atomic E-state index is 10.7. The van der Waals surface area contributed by atoms with Gasteiger partial charge in [0, 0.05) is 6.42 Å². The van der Waals surface area contributed by atoms with E-state index in [4.69, 9.17) is 0 Å². The zero-order valence-corrected chi connectivity index (χ0v) is 10.6. The fraction of sp³-hybridized carbons (Fsp3) is 0.923. The smallest absolute Gasteiger partial charge is 0.129 e. The minimum atomic E-state index is 0.357. The van der Waals surface area contributed by atoms with Crippen LogP contribution < -0.4 is 5.32 Å². The lowest BCUT2D eigenvalue weighted by atomic mass is 9.86. The summed E-state index contributed by atoms with van der Waals surface area (Å²) in [5, 5.41) is 2.93. The summed E-state index contributed by atoms with van der Waals surface area (Å²) in [6.07, 6.45) is 8.89. The molecule has 0 bridgehead atoms. The molecule has 0 heterocycles. The minimum absolute atomic E-state index is 0.357. The number of rotatable bonds is 4. The molecule has 1 saturated carbocycles. The van der Waals surface area contributed by atoms with Crippen molar-refractivity contribution in [3.63, 3.8) is 0 Å². The largest absolute Gasteiger partial charge is 0.320 e. The van der Waals surface area contributed by atoms with Gasteiger partial charge in [0.05, 0.1) is 0 Å². The van der Waals surface area contributed by atoms with Gasteiger partial charge in [0.2, 0.25) is 0 Å². The number of hydrogen-bond donors (Lipinski definition) is 1. The molecule has 0 atom stereocenters. The van der Waals surface area contributed by atoms with E-state index in [-0.39, 0.29) is 0 Å². The van der Waals surface area contributed by atoms with Crippen molar-refractivity contribution >= 4 is 5.78 Å². The van der Waals surface area contributed by atoms with Crippen LogP contribution in [-0.4, -0.2) is 19.4 Å². The van der Waals surface area contributed by atoms with E-state index in [2.05, 4.69) is 12.2 Å². The van der Waals surface area contributed by atoms with Crippen molar-refractivity contribution in [2.75, 3.05) is 13.6 Å². The van der Waals surface area contributed by atoms with Crippen LogP contribution in [0.5, 0.6) is 0 Å². The van der Waals surface area contributed by atoms with Crippen molar-refractivity contribution in [3.05, 3.63) is 0 Å². The second kappa shape index (κ2) is 10.2. The molecule has 0 aromatic rings. The SMILES string of the molecule is CC(=O)CCC1CCCCC1.CCNC. The highest BCUT2D eigenvalue weighted by atomic mass is 16.1. The highest BCUT2D eigenvalue weighted by Gasteiger charge is 2.13. The topological polar surface area (TPSA) is 29.1 Å². The van der Waals surface area contributed by atoms with Crippen LogP contribution >= 0.6 is 0 Å². The molecule has 0 radical (unpaired) electrons. The van der Waals surface area contributed by atoms with Crippen LogP contribution in [-0.2, 0) is 4.79 Å². The van der Waals surface area contributed by atoms with Crippen molar-refractivity contribution in [1.29, 1.82) is 0 Å². The molecule has 0 aromatic heterocycles. The van der Waals surface area contributed by atoms with Gasteiger partial charge in [-0.1, -0.05) is 39.0 Å². The Labute approximate surface area is 94.8 Å². The zero-order valence-electron chi connectivity index (χ0n) is 10.6. The molecule has 0 aromatic carbocycles. The van der Waals surface area contributed by atoms with E-state index >= 15 is 0 Å². The predicted octanol–water partition coefficient (Wildman–Crippen LogP) is 3.16. The van der Waals surface area contributed by atoms with Crippen LogP contribution in [0.15, 0.2) is 0 Å². The van der Waals surface area contributed by atoms with Crippen molar-refractivity contribution in [1.82, 2.24) is 5.32 Å². The highest BCUT2D eigenvalue weighted by Crippen LogP contribution is 2.27. The number of carbonyl (C=O) groups is 1. The molecule has 1 rings (SSSR count). The third kappa shape index (κ3) is 9.92. The van der Waals surface area contributed by atoms with Crippen molar-refractivity contribution in [2.24, 2.45) is 5.92 Å². The highest BCUT2D eigenvalue weighted by molar-refractivity contribution is 5.75. The van der Waals surface area contributed by atoms with E-state index in [1.54, 1.807) is 6.92 Å². The second-order valence-electron chi connectivity index (χ2n) is 4.45. The number of carbonyl (C=O) groups excluding carboxylic acids is 1. The third-order valence-electron chi connectivity index (χ3n) is 2.98. The van der Waals surface area contributed by atoms with Crippen molar-refractivity contribution in [3.8, 4) is 0 Å². The van der Waals surface area contributed by atoms with Gasteiger partial charge in [-0.05, 0) is 32.9 Å². The summed E-state index contributed by atoms with van der Waals surface area (Å²) < 4.78 is 0. The predicted molar refractivity (Wildman–Crippen MR) is 66.1 cm³/mol. The van der Waals surface area contributed by atoms with Gasteiger partial charge >= 0.3 is 0 Å². The Morgan fingerprint density at radius 3 is 2.20 bits per heavy atom. The number of Topliss-reactive ketones (excluding diaryl/α,β-unsaturated/α-hetero) is 1. The lowest BCUT2D eigenvalue weighted by Crippen LogP contribution is -2.07. The Kier molecular flexibility index (Phi) is 9.91. The lowest BCUT2D eigenvalue weighted by Gasteiger charge is -2.20. The average Bonchev–Trinajstić information content (AvgIpc) is 2.28. The lowest BCUT2D eigenvalue weighted by molar-refractivity contribution is -0.117. The molecule has 90 valence electrons. The first kappa shape index (κ1) is 14.6. The zero-order chi connectivity index (χ0) is 11.5. The first-order chi connectivity index (χ1) is 7.20. The van der Waals surface area contributed by atoms with Crippen LogP contribution in [0.1, 0.15) is 58.8 Å². The van der Waals surface area contributed by atoms with E-state index in [1.807, 2.05) is 7.05 Å². The molecule has 0 spiro atoms. The van der Waals surface area contributed by atoms with Crippen LogP contribution in [0.3, 0.4) is 0 Å². The standard InChI is InChI=1S/C10H18O.C3H9N/c1-9(11)7-8-10-5-3-2-4-6-10;1-3-4-2/h10H,2-8H2,1H3;4H,3H2,1-2H3. The molecule has 1 fully saturated rings. The van der Waals surface area contributed by atoms with Gasteiger partial charge in [-0.15, -0.1) is 0 Å². The summed E-state index contributed by atoms with van der Waals surface area (Å²) in [6.45, 7) is 4.84. The molecular formula is C13H27NO. The van der Waals surface area contributed by atoms with Gasteiger partial charge in [-0.25, -0.2) is 0 Å². The summed E-state index contributed by atoms with van der Waals surface area (Å²) in [5.74, 6) is 1.23. The Hall–Kier alpha value is -0.370. The molecule has 0 amide bonds. The third-order valence-corrected chi connectivity index (χ3v) is 2.98. The molecule has 1 aliphatic rings. The van der Waals surface area contributed by atoms with Crippen LogP contribution in [0.25, 0.3) is 0 Å². The van der Waals surface area contributed by atoms with Crippen LogP contribution in [0.2, 0.25) is 0 Å². The van der Waals surface area contributed by atoms with Crippen LogP contribution in [0, 0.1) is 5.92 Å². The normalized spacial score (nSPS) is 16.7. The number of ketones is 1. The van der Waals surface area contributed by atoms with E-state index < -0.39 is 0 Å². The minimum Gasteiger partial charge on any atom is -0.320 e. The van der Waals surface area contributed by atoms with Crippen molar-refractivity contribution < 1.29 is 4.79 Å². The molecule has 0 saturated heterocycles. The summed E-state index contributed by atoms with van der Waals surface area (Å²) >= 11 is 0. The molecule has 0 unspecified atom stereocenters. The summed E-state index contributed by atoms with van der Waals surface area (Å²) in [6, 6.07) is 0. The molecule has 1 N–H and O–H groups in total. The molecule has 15 heavy (non-hydrogen) atoms. The first-order valence-corrected chi connectivity index (χ1v) is 6.34. The Balaban J connectivity index is 0.000000423. The monoisotopic (exact) mass is 213 g/mol. The average molecular weight is 213 g/mol. The van der Waals surface area contributed by atoms with E-state index in [0.717, 1.165) is 25.3 Å². The van der Waals surface area contributed by atoms with Gasteiger partial charge in [-0.3, -0.25) is 0 Å². The van der Waals surface area contributed by atoms with Gasteiger partial charge in [0.15, 0.2) is 0 Å². The molecule has 0 aliphatic heterocycles. The summed E-state index contributed by atoms with van der Waals surface area (Å²) in [7, 11) is 1.93. The maximum Gasteiger partial charge on any atom is 0.129 e. The van der Waals surface area contributed by atoms with Crippen molar-refractivity contribution in [2.45, 2.75) is 58.8 Å². The fourth-order valence-corrected chi connectivity index (χ4v) is 1.88. The fourth-order valence-electron chi connectivity index (χ4n) is 1.88. The number of hydrogen-bond acceptors (Lipinski definition) is 2. The maximum absolute atomic E-state index is 10.7. The second-order valence-corrected chi connectivity index (χ2v) is 4.45. The van der Waals surface area contributed by atoms with E-state index in [0.29, 0.717) is 5.78 Å². The van der Waals surface area contributed by atoms with Gasteiger partial charge in [-0.2, -0.15) is 0 Å². The summed E-state index contributed by atoms with van der Waals surface area (Å²) in [5.41, 5.74) is 0. The number of nitrogens with one attached hydrogen (secondary N) is 1. The molecule has 1 aliphatic carbocycles. The molecular weight excluding hydrogens is 186 g/mol. The van der Waals surface area contributed by atoms with Gasteiger partial charge in [0.1, 0.15) is 5.78 Å². The Bertz CT molecular complexity index is 149. The van der Waals surface area contributed by atoms with Gasteiger partial charge in [0.25, 0.3) is 0 Å². The molecule has 2 heteroatoms.